The maximum atomic E-state index is 12.3. The van der Waals surface area contributed by atoms with E-state index in [-0.39, 0.29) is 29.9 Å². The number of hydrogen-bond acceptors (Lipinski definition) is 4. The number of nitrogens with zero attached hydrogens (tertiary/aromatic N) is 2. The molecule has 5 heteroatoms. The van der Waals surface area contributed by atoms with E-state index >= 15 is 0 Å². The standard InChI is InChI=1S/C14H25N3O2/c1-9(2)12(8-16(3)4)15-11-7-13(18)17(14(11)19)10-5-6-10/h9-12,15H,5-8H2,1-4H3. The number of carbonyl (C=O) groups is 2. The van der Waals surface area contributed by atoms with Gasteiger partial charge in [0, 0.05) is 18.6 Å². The second kappa shape index (κ2) is 5.59. The zero-order chi connectivity index (χ0) is 14.2. The van der Waals surface area contributed by atoms with Crippen molar-refractivity contribution in [3.63, 3.8) is 0 Å². The molecule has 0 radical (unpaired) electrons. The minimum Gasteiger partial charge on any atom is -0.308 e. The van der Waals surface area contributed by atoms with Crippen LogP contribution in [0.1, 0.15) is 33.1 Å². The zero-order valence-corrected chi connectivity index (χ0v) is 12.3. The Labute approximate surface area is 115 Å². The summed E-state index contributed by atoms with van der Waals surface area (Å²) < 4.78 is 0. The van der Waals surface area contributed by atoms with Crippen molar-refractivity contribution < 1.29 is 9.59 Å². The van der Waals surface area contributed by atoms with E-state index in [1.165, 1.54) is 4.90 Å². The predicted molar refractivity (Wildman–Crippen MR) is 73.6 cm³/mol. The lowest BCUT2D eigenvalue weighted by molar-refractivity contribution is -0.139. The monoisotopic (exact) mass is 267 g/mol. The van der Waals surface area contributed by atoms with E-state index in [2.05, 4.69) is 24.1 Å². The van der Waals surface area contributed by atoms with Crippen LogP contribution in [0.25, 0.3) is 0 Å². The Balaban J connectivity index is 1.97. The number of rotatable bonds is 6. The van der Waals surface area contributed by atoms with Crippen molar-refractivity contribution in [2.45, 2.75) is 51.2 Å². The van der Waals surface area contributed by atoms with Crippen LogP contribution in [0.4, 0.5) is 0 Å². The van der Waals surface area contributed by atoms with Gasteiger partial charge in [-0.1, -0.05) is 13.8 Å². The molecule has 0 aromatic carbocycles. The smallest absolute Gasteiger partial charge is 0.247 e. The SMILES string of the molecule is CC(C)C(CN(C)C)NC1CC(=O)N(C2CC2)C1=O. The molecule has 1 aliphatic carbocycles. The molecule has 19 heavy (non-hydrogen) atoms. The van der Waals surface area contributed by atoms with Crippen molar-refractivity contribution in [1.82, 2.24) is 15.1 Å². The van der Waals surface area contributed by atoms with Crippen molar-refractivity contribution in [2.24, 2.45) is 5.92 Å². The fourth-order valence-corrected chi connectivity index (χ4v) is 2.61. The van der Waals surface area contributed by atoms with Gasteiger partial charge in [0.2, 0.25) is 11.8 Å². The fourth-order valence-electron chi connectivity index (χ4n) is 2.61. The van der Waals surface area contributed by atoms with Crippen LogP contribution in [0.15, 0.2) is 0 Å². The van der Waals surface area contributed by atoms with Gasteiger partial charge in [-0.3, -0.25) is 14.5 Å². The number of nitrogens with one attached hydrogen (secondary N) is 1. The summed E-state index contributed by atoms with van der Waals surface area (Å²) in [5.74, 6) is 0.412. The first kappa shape index (κ1) is 14.5. The molecular formula is C14H25N3O2. The molecule has 1 aliphatic heterocycles. The van der Waals surface area contributed by atoms with Crippen LogP contribution >= 0.6 is 0 Å². The molecule has 2 fully saturated rings. The minimum absolute atomic E-state index is 0.00245. The first-order valence-electron chi connectivity index (χ1n) is 7.16. The highest BCUT2D eigenvalue weighted by Crippen LogP contribution is 2.31. The third-order valence-electron chi connectivity index (χ3n) is 3.88. The van der Waals surface area contributed by atoms with Crippen LogP contribution in [-0.4, -0.2) is 60.4 Å². The Bertz CT molecular complexity index is 364. The topological polar surface area (TPSA) is 52.7 Å². The largest absolute Gasteiger partial charge is 0.308 e. The Kier molecular flexibility index (Phi) is 4.26. The second-order valence-corrected chi connectivity index (χ2v) is 6.37. The summed E-state index contributed by atoms with van der Waals surface area (Å²) in [6.45, 7) is 5.15. The third kappa shape index (κ3) is 3.34. The van der Waals surface area contributed by atoms with Crippen molar-refractivity contribution in [3.8, 4) is 0 Å². The van der Waals surface area contributed by atoms with Crippen molar-refractivity contribution in [2.75, 3.05) is 20.6 Å². The lowest BCUT2D eigenvalue weighted by atomic mass is 10.0. The molecule has 1 saturated carbocycles. The minimum atomic E-state index is -0.319. The highest BCUT2D eigenvalue weighted by Gasteiger charge is 2.46. The van der Waals surface area contributed by atoms with E-state index in [0.29, 0.717) is 12.3 Å². The summed E-state index contributed by atoms with van der Waals surface area (Å²) in [4.78, 5) is 27.8. The summed E-state index contributed by atoms with van der Waals surface area (Å²) in [5.41, 5.74) is 0. The molecule has 0 bridgehead atoms. The van der Waals surface area contributed by atoms with Gasteiger partial charge in [0.1, 0.15) is 0 Å². The summed E-state index contributed by atoms with van der Waals surface area (Å²) in [5, 5.41) is 3.39. The Morgan fingerprint density at radius 2 is 1.95 bits per heavy atom. The number of likely N-dealkylation sites (tertiary alicyclic amines) is 1. The molecule has 5 nitrogen and oxygen atoms in total. The number of imide groups is 1. The molecule has 2 rings (SSSR count). The van der Waals surface area contributed by atoms with Gasteiger partial charge in [0.25, 0.3) is 0 Å². The van der Waals surface area contributed by atoms with Crippen molar-refractivity contribution in [3.05, 3.63) is 0 Å². The van der Waals surface area contributed by atoms with Gasteiger partial charge in [-0.25, -0.2) is 0 Å². The molecule has 2 amide bonds. The quantitative estimate of drug-likeness (QED) is 0.710. The van der Waals surface area contributed by atoms with Gasteiger partial charge in [-0.15, -0.1) is 0 Å². The maximum absolute atomic E-state index is 12.3. The van der Waals surface area contributed by atoms with Crippen LogP contribution in [0.3, 0.4) is 0 Å². The molecule has 0 aromatic heterocycles. The van der Waals surface area contributed by atoms with Crippen molar-refractivity contribution in [1.29, 1.82) is 0 Å². The van der Waals surface area contributed by atoms with Gasteiger partial charge in [-0.2, -0.15) is 0 Å². The number of likely N-dealkylation sites (N-methyl/N-ethyl adjacent to an activating group) is 1. The Hall–Kier alpha value is -0.940. The molecular weight excluding hydrogens is 242 g/mol. The van der Waals surface area contributed by atoms with Gasteiger partial charge in [0.05, 0.1) is 12.5 Å². The van der Waals surface area contributed by atoms with Gasteiger partial charge >= 0.3 is 0 Å². The van der Waals surface area contributed by atoms with E-state index < -0.39 is 0 Å². The van der Waals surface area contributed by atoms with E-state index in [0.717, 1.165) is 19.4 Å². The summed E-state index contributed by atoms with van der Waals surface area (Å²) in [7, 11) is 4.05. The molecule has 1 heterocycles. The third-order valence-corrected chi connectivity index (χ3v) is 3.88. The average Bonchev–Trinajstić information content (AvgIpc) is 3.06. The summed E-state index contributed by atoms with van der Waals surface area (Å²) >= 11 is 0. The molecule has 0 spiro atoms. The average molecular weight is 267 g/mol. The molecule has 0 aromatic rings. The van der Waals surface area contributed by atoms with Crippen LogP contribution < -0.4 is 5.32 Å². The van der Waals surface area contributed by atoms with E-state index in [1.807, 2.05) is 14.1 Å². The number of carbonyl (C=O) groups excluding carboxylic acids is 2. The van der Waals surface area contributed by atoms with Crippen LogP contribution in [0.5, 0.6) is 0 Å². The van der Waals surface area contributed by atoms with Gasteiger partial charge in [-0.05, 0) is 32.9 Å². The lowest BCUT2D eigenvalue weighted by Gasteiger charge is -2.28. The molecule has 2 unspecified atom stereocenters. The zero-order valence-electron chi connectivity index (χ0n) is 12.3. The van der Waals surface area contributed by atoms with E-state index in [4.69, 9.17) is 0 Å². The van der Waals surface area contributed by atoms with Crippen LogP contribution in [0.2, 0.25) is 0 Å². The van der Waals surface area contributed by atoms with Gasteiger partial charge < -0.3 is 10.2 Å². The van der Waals surface area contributed by atoms with Crippen molar-refractivity contribution >= 4 is 11.8 Å². The fraction of sp³-hybridized carbons (Fsp3) is 0.857. The normalized spacial score (nSPS) is 25.8. The van der Waals surface area contributed by atoms with Gasteiger partial charge in [0.15, 0.2) is 0 Å². The van der Waals surface area contributed by atoms with Crippen LogP contribution in [-0.2, 0) is 9.59 Å². The Morgan fingerprint density at radius 1 is 1.32 bits per heavy atom. The lowest BCUT2D eigenvalue weighted by Crippen LogP contribution is -2.50. The number of hydrogen-bond donors (Lipinski definition) is 1. The summed E-state index contributed by atoms with van der Waals surface area (Å²) in [6.07, 6.45) is 2.29. The van der Waals surface area contributed by atoms with E-state index in [9.17, 15) is 9.59 Å². The molecule has 1 N–H and O–H groups in total. The summed E-state index contributed by atoms with van der Waals surface area (Å²) in [6, 6.07) is 0.106. The first-order valence-corrected chi connectivity index (χ1v) is 7.16. The highest BCUT2D eigenvalue weighted by atomic mass is 16.2. The van der Waals surface area contributed by atoms with Crippen LogP contribution in [0, 0.1) is 5.92 Å². The molecule has 2 aliphatic rings. The Morgan fingerprint density at radius 3 is 2.42 bits per heavy atom. The maximum Gasteiger partial charge on any atom is 0.247 e. The highest BCUT2D eigenvalue weighted by molar-refractivity contribution is 6.06. The second-order valence-electron chi connectivity index (χ2n) is 6.37. The molecule has 1 saturated heterocycles. The number of amides is 2. The predicted octanol–water partition coefficient (Wildman–Crippen LogP) is 0.452. The molecule has 108 valence electrons. The first-order chi connectivity index (χ1) is 8.90. The molecule has 2 atom stereocenters. The van der Waals surface area contributed by atoms with E-state index in [1.54, 1.807) is 0 Å².